The van der Waals surface area contributed by atoms with Crippen LogP contribution in [0.1, 0.15) is 11.6 Å². The molecule has 70 valence electrons. The summed E-state index contributed by atoms with van der Waals surface area (Å²) in [6.07, 6.45) is 0. The molecular weight excluding hydrogens is 172 g/mol. The van der Waals surface area contributed by atoms with Crippen LogP contribution in [0, 0.1) is 0 Å². The Balaban J connectivity index is 3.03. The minimum absolute atomic E-state index is 0.0821. The van der Waals surface area contributed by atoms with E-state index in [-0.39, 0.29) is 11.4 Å². The molecule has 0 aliphatic heterocycles. The summed E-state index contributed by atoms with van der Waals surface area (Å²) in [5, 5.41) is 17.6. The first-order valence-corrected chi connectivity index (χ1v) is 3.59. The van der Waals surface area contributed by atoms with Crippen molar-refractivity contribution in [3.8, 4) is 5.75 Å². The zero-order valence-corrected chi connectivity index (χ0v) is 6.77. The zero-order chi connectivity index (χ0) is 10.0. The highest BCUT2D eigenvalue weighted by molar-refractivity contribution is 5.76. The standard InChI is InChI=1S/C8H10N2O3/c9-5-3-4(1-2-6(5)11)7(10)8(12)13/h1-3,7,11H,9-10H2,(H,12,13)/t7-/m0/s1. The predicted molar refractivity (Wildman–Crippen MR) is 47.1 cm³/mol. The van der Waals surface area contributed by atoms with Gasteiger partial charge in [-0.25, -0.2) is 0 Å². The Kier molecular flexibility index (Phi) is 2.39. The van der Waals surface area contributed by atoms with Crippen molar-refractivity contribution < 1.29 is 15.0 Å². The van der Waals surface area contributed by atoms with Crippen LogP contribution in [-0.2, 0) is 4.79 Å². The first-order valence-electron chi connectivity index (χ1n) is 3.59. The fourth-order valence-electron chi connectivity index (χ4n) is 0.909. The Morgan fingerprint density at radius 2 is 2.08 bits per heavy atom. The number of benzene rings is 1. The number of rotatable bonds is 2. The summed E-state index contributed by atoms with van der Waals surface area (Å²) in [6, 6.07) is 2.97. The maximum Gasteiger partial charge on any atom is 0.325 e. The highest BCUT2D eigenvalue weighted by Gasteiger charge is 2.14. The molecule has 0 bridgehead atoms. The quantitative estimate of drug-likeness (QED) is 0.382. The maximum absolute atomic E-state index is 10.5. The average molecular weight is 182 g/mol. The van der Waals surface area contributed by atoms with E-state index in [0.29, 0.717) is 5.56 Å². The van der Waals surface area contributed by atoms with Crippen LogP contribution in [0.3, 0.4) is 0 Å². The number of nitrogens with two attached hydrogens (primary N) is 2. The largest absolute Gasteiger partial charge is 0.506 e. The number of aromatic hydroxyl groups is 1. The van der Waals surface area contributed by atoms with Crippen LogP contribution in [0.15, 0.2) is 18.2 Å². The number of phenols is 1. The van der Waals surface area contributed by atoms with Crippen molar-refractivity contribution in [2.45, 2.75) is 6.04 Å². The lowest BCUT2D eigenvalue weighted by molar-refractivity contribution is -0.138. The Labute approximate surface area is 74.6 Å². The highest BCUT2D eigenvalue weighted by Crippen LogP contribution is 2.23. The molecule has 0 amide bonds. The van der Waals surface area contributed by atoms with Crippen molar-refractivity contribution >= 4 is 11.7 Å². The van der Waals surface area contributed by atoms with E-state index in [1.807, 2.05) is 0 Å². The lowest BCUT2D eigenvalue weighted by Gasteiger charge is -2.07. The van der Waals surface area contributed by atoms with Gasteiger partial charge in [0.15, 0.2) is 0 Å². The summed E-state index contributed by atoms with van der Waals surface area (Å²) in [6.45, 7) is 0. The Morgan fingerprint density at radius 3 is 2.54 bits per heavy atom. The second-order valence-corrected chi connectivity index (χ2v) is 2.63. The van der Waals surface area contributed by atoms with E-state index in [2.05, 4.69) is 0 Å². The molecule has 0 saturated carbocycles. The minimum Gasteiger partial charge on any atom is -0.506 e. The van der Waals surface area contributed by atoms with Crippen LogP contribution in [0.2, 0.25) is 0 Å². The molecule has 0 spiro atoms. The number of phenolic OH excluding ortho intramolecular Hbond substituents is 1. The molecule has 1 aromatic carbocycles. The van der Waals surface area contributed by atoms with Gasteiger partial charge in [0.25, 0.3) is 0 Å². The highest BCUT2D eigenvalue weighted by atomic mass is 16.4. The number of aliphatic carboxylic acids is 1. The summed E-state index contributed by atoms with van der Waals surface area (Å²) >= 11 is 0. The monoisotopic (exact) mass is 182 g/mol. The lowest BCUT2D eigenvalue weighted by atomic mass is 10.1. The fraction of sp³-hybridized carbons (Fsp3) is 0.125. The molecular formula is C8H10N2O3. The van der Waals surface area contributed by atoms with Crippen molar-refractivity contribution in [2.75, 3.05) is 5.73 Å². The molecule has 0 unspecified atom stereocenters. The molecule has 5 heteroatoms. The van der Waals surface area contributed by atoms with Gasteiger partial charge in [-0.1, -0.05) is 6.07 Å². The molecule has 6 N–H and O–H groups in total. The molecule has 1 rings (SSSR count). The fourth-order valence-corrected chi connectivity index (χ4v) is 0.909. The zero-order valence-electron chi connectivity index (χ0n) is 6.77. The number of nitrogen functional groups attached to an aromatic ring is 1. The van der Waals surface area contributed by atoms with Gasteiger partial charge in [-0.2, -0.15) is 0 Å². The van der Waals surface area contributed by atoms with Crippen molar-refractivity contribution in [1.82, 2.24) is 0 Å². The number of hydrogen-bond acceptors (Lipinski definition) is 4. The molecule has 1 aromatic rings. The molecule has 0 aliphatic rings. The third-order valence-electron chi connectivity index (χ3n) is 1.68. The van der Waals surface area contributed by atoms with Crippen LogP contribution >= 0.6 is 0 Å². The van der Waals surface area contributed by atoms with Gasteiger partial charge in [0, 0.05) is 0 Å². The van der Waals surface area contributed by atoms with Crippen molar-refractivity contribution in [1.29, 1.82) is 0 Å². The smallest absolute Gasteiger partial charge is 0.325 e. The maximum atomic E-state index is 10.5. The van der Waals surface area contributed by atoms with Crippen molar-refractivity contribution in [2.24, 2.45) is 5.73 Å². The van der Waals surface area contributed by atoms with Gasteiger partial charge >= 0.3 is 5.97 Å². The summed E-state index contributed by atoms with van der Waals surface area (Å²) in [5.74, 6) is -1.22. The van der Waals surface area contributed by atoms with Gasteiger partial charge < -0.3 is 21.7 Å². The van der Waals surface area contributed by atoms with E-state index in [4.69, 9.17) is 21.7 Å². The predicted octanol–water partition coefficient (Wildman–Crippen LogP) is 0.0588. The summed E-state index contributed by atoms with van der Waals surface area (Å²) < 4.78 is 0. The molecule has 1 atom stereocenters. The molecule has 0 aromatic heterocycles. The normalized spacial score (nSPS) is 12.4. The van der Waals surface area contributed by atoms with Crippen molar-refractivity contribution in [3.05, 3.63) is 23.8 Å². The third-order valence-corrected chi connectivity index (χ3v) is 1.68. The number of anilines is 1. The summed E-state index contributed by atoms with van der Waals surface area (Å²) in [7, 11) is 0. The van der Waals surface area contributed by atoms with E-state index >= 15 is 0 Å². The van der Waals surface area contributed by atoms with Gasteiger partial charge in [-0.3, -0.25) is 4.79 Å². The number of hydrogen-bond donors (Lipinski definition) is 4. The van der Waals surface area contributed by atoms with Crippen molar-refractivity contribution in [3.63, 3.8) is 0 Å². The summed E-state index contributed by atoms with van der Waals surface area (Å²) in [4.78, 5) is 10.5. The Hall–Kier alpha value is -1.75. The first kappa shape index (κ1) is 9.34. The van der Waals surface area contributed by atoms with E-state index in [0.717, 1.165) is 0 Å². The SMILES string of the molecule is Nc1cc([C@H](N)C(=O)O)ccc1O. The van der Waals surface area contributed by atoms with Crippen LogP contribution in [0.5, 0.6) is 5.75 Å². The second kappa shape index (κ2) is 3.32. The third kappa shape index (κ3) is 1.88. The van der Waals surface area contributed by atoms with E-state index in [1.165, 1.54) is 18.2 Å². The topological polar surface area (TPSA) is 110 Å². The molecule has 13 heavy (non-hydrogen) atoms. The number of carboxylic acid groups (broad SMARTS) is 1. The number of carboxylic acids is 1. The summed E-state index contributed by atoms with van der Waals surface area (Å²) in [5.41, 5.74) is 11.2. The Bertz CT molecular complexity index is 338. The van der Waals surface area contributed by atoms with Gasteiger partial charge in [0.2, 0.25) is 0 Å². The van der Waals surface area contributed by atoms with Crippen LogP contribution in [0.4, 0.5) is 5.69 Å². The lowest BCUT2D eigenvalue weighted by Crippen LogP contribution is -2.20. The average Bonchev–Trinajstić information content (AvgIpc) is 2.08. The van der Waals surface area contributed by atoms with E-state index in [9.17, 15) is 4.79 Å². The van der Waals surface area contributed by atoms with E-state index < -0.39 is 12.0 Å². The molecule has 0 fully saturated rings. The van der Waals surface area contributed by atoms with Gasteiger partial charge in [0.05, 0.1) is 5.69 Å². The molecule has 5 nitrogen and oxygen atoms in total. The molecule has 0 aliphatic carbocycles. The Morgan fingerprint density at radius 1 is 1.46 bits per heavy atom. The minimum atomic E-state index is -1.13. The first-order chi connectivity index (χ1) is 6.02. The van der Waals surface area contributed by atoms with Gasteiger partial charge in [0.1, 0.15) is 11.8 Å². The van der Waals surface area contributed by atoms with Gasteiger partial charge in [-0.15, -0.1) is 0 Å². The molecule has 0 saturated heterocycles. The van der Waals surface area contributed by atoms with Crippen LogP contribution in [0.25, 0.3) is 0 Å². The van der Waals surface area contributed by atoms with E-state index in [1.54, 1.807) is 0 Å². The van der Waals surface area contributed by atoms with Crippen LogP contribution in [-0.4, -0.2) is 16.2 Å². The molecule has 0 radical (unpaired) electrons. The van der Waals surface area contributed by atoms with Gasteiger partial charge in [-0.05, 0) is 17.7 Å². The second-order valence-electron chi connectivity index (χ2n) is 2.63. The number of carbonyl (C=O) groups is 1. The molecule has 0 heterocycles. The van der Waals surface area contributed by atoms with Crippen LogP contribution < -0.4 is 11.5 Å².